The summed E-state index contributed by atoms with van der Waals surface area (Å²) in [7, 11) is 0. The van der Waals surface area contributed by atoms with Crippen molar-refractivity contribution in [2.45, 2.75) is 13.8 Å². The van der Waals surface area contributed by atoms with Gasteiger partial charge in [-0.25, -0.2) is 0 Å². The molecule has 5 aromatic carbocycles. The third kappa shape index (κ3) is 5.32. The van der Waals surface area contributed by atoms with Crippen molar-refractivity contribution < 1.29 is 0 Å². The van der Waals surface area contributed by atoms with E-state index in [1.807, 2.05) is 25.1 Å². The number of benzene rings is 5. The maximum absolute atomic E-state index is 3.93. The van der Waals surface area contributed by atoms with Crippen LogP contribution in [0.2, 0.25) is 0 Å². The normalized spacial score (nSPS) is 11.7. The van der Waals surface area contributed by atoms with E-state index in [1.165, 1.54) is 38.6 Å². The Kier molecular flexibility index (Phi) is 7.14. The van der Waals surface area contributed by atoms with Crippen molar-refractivity contribution in [2.24, 2.45) is 0 Å². The standard InChI is InChI=1S/C36H31N/c1-4-10-34(11-5-2)37(35-14-7-6-8-15-35)36-23-22-32-25-31(20-21-33(32)26-36)30-13-9-12-29(24-30)28-18-16-27(3)17-19-28/h4-26H,1H2,2-3H3/b11-5-,34-10+. The molecule has 0 atom stereocenters. The van der Waals surface area contributed by atoms with Crippen LogP contribution in [0.5, 0.6) is 0 Å². The summed E-state index contributed by atoms with van der Waals surface area (Å²) in [4.78, 5) is 2.26. The second-order valence-electron chi connectivity index (χ2n) is 9.19. The molecule has 1 nitrogen and oxygen atoms in total. The highest BCUT2D eigenvalue weighted by Gasteiger charge is 2.13. The number of anilines is 2. The number of allylic oxidation sites excluding steroid dienone is 4. The van der Waals surface area contributed by atoms with E-state index in [1.54, 1.807) is 0 Å². The van der Waals surface area contributed by atoms with Gasteiger partial charge in [0.15, 0.2) is 0 Å². The summed E-state index contributed by atoms with van der Waals surface area (Å²) in [6.07, 6.45) is 8.05. The molecule has 0 spiro atoms. The van der Waals surface area contributed by atoms with E-state index < -0.39 is 0 Å². The molecule has 0 aliphatic carbocycles. The molecule has 0 aliphatic heterocycles. The first kappa shape index (κ1) is 24.1. The Labute approximate surface area is 220 Å². The first-order chi connectivity index (χ1) is 18.2. The third-order valence-electron chi connectivity index (χ3n) is 6.56. The predicted octanol–water partition coefficient (Wildman–Crippen LogP) is 10.3. The van der Waals surface area contributed by atoms with Crippen LogP contribution in [0.15, 0.2) is 152 Å². The van der Waals surface area contributed by atoms with Crippen LogP contribution >= 0.6 is 0 Å². The predicted molar refractivity (Wildman–Crippen MR) is 161 cm³/mol. The van der Waals surface area contributed by atoms with Gasteiger partial charge in [0.25, 0.3) is 0 Å². The second-order valence-corrected chi connectivity index (χ2v) is 9.19. The highest BCUT2D eigenvalue weighted by Crippen LogP contribution is 2.34. The van der Waals surface area contributed by atoms with E-state index in [0.717, 1.165) is 17.1 Å². The lowest BCUT2D eigenvalue weighted by atomic mass is 9.96. The van der Waals surface area contributed by atoms with E-state index in [-0.39, 0.29) is 0 Å². The molecule has 0 N–H and O–H groups in total. The fourth-order valence-electron chi connectivity index (χ4n) is 4.70. The minimum absolute atomic E-state index is 1.06. The molecular formula is C36H31N. The maximum atomic E-state index is 3.93. The van der Waals surface area contributed by atoms with Crippen molar-refractivity contribution in [3.05, 3.63) is 157 Å². The van der Waals surface area contributed by atoms with Crippen LogP contribution in [-0.2, 0) is 0 Å². The lowest BCUT2D eigenvalue weighted by Crippen LogP contribution is -2.15. The summed E-state index contributed by atoms with van der Waals surface area (Å²) >= 11 is 0. The molecule has 0 saturated carbocycles. The van der Waals surface area contributed by atoms with Crippen LogP contribution in [0.25, 0.3) is 33.0 Å². The van der Waals surface area contributed by atoms with Crippen LogP contribution in [-0.4, -0.2) is 0 Å². The Morgan fingerprint density at radius 1 is 0.622 bits per heavy atom. The van der Waals surface area contributed by atoms with Crippen LogP contribution in [0.3, 0.4) is 0 Å². The number of hydrogen-bond donors (Lipinski definition) is 0. The third-order valence-corrected chi connectivity index (χ3v) is 6.56. The molecule has 5 rings (SSSR count). The van der Waals surface area contributed by atoms with Gasteiger partial charge in [-0.15, -0.1) is 0 Å². The molecule has 0 aliphatic rings. The van der Waals surface area contributed by atoms with Crippen LogP contribution in [0.4, 0.5) is 11.4 Å². The minimum atomic E-state index is 1.06. The zero-order valence-electron chi connectivity index (χ0n) is 21.4. The molecule has 180 valence electrons. The van der Waals surface area contributed by atoms with Crippen LogP contribution in [0, 0.1) is 6.92 Å². The van der Waals surface area contributed by atoms with Crippen molar-refractivity contribution in [3.8, 4) is 22.3 Å². The zero-order valence-corrected chi connectivity index (χ0v) is 21.4. The van der Waals surface area contributed by atoms with E-state index >= 15 is 0 Å². The molecule has 0 unspecified atom stereocenters. The Bertz CT molecular complexity index is 1590. The van der Waals surface area contributed by atoms with Crippen LogP contribution < -0.4 is 4.90 Å². The summed E-state index contributed by atoms with van der Waals surface area (Å²) in [5, 5.41) is 2.42. The molecule has 5 aromatic rings. The number of para-hydroxylation sites is 1. The summed E-state index contributed by atoms with van der Waals surface area (Å²) in [5.74, 6) is 0. The highest BCUT2D eigenvalue weighted by atomic mass is 15.1. The van der Waals surface area contributed by atoms with E-state index in [0.29, 0.717) is 0 Å². The summed E-state index contributed by atoms with van der Waals surface area (Å²) in [6.45, 7) is 8.09. The van der Waals surface area contributed by atoms with Gasteiger partial charge in [-0.3, -0.25) is 0 Å². The SMILES string of the molecule is C=C/C=C(\C=C/C)N(c1ccccc1)c1ccc2cc(-c3cccc(-c4ccc(C)cc4)c3)ccc2c1. The number of nitrogens with zero attached hydrogens (tertiary/aromatic N) is 1. The largest absolute Gasteiger partial charge is 0.310 e. The van der Waals surface area contributed by atoms with E-state index in [9.17, 15) is 0 Å². The highest BCUT2D eigenvalue weighted by molar-refractivity contribution is 5.91. The second kappa shape index (κ2) is 11.0. The molecule has 0 amide bonds. The minimum Gasteiger partial charge on any atom is -0.310 e. The van der Waals surface area contributed by atoms with Crippen molar-refractivity contribution in [3.63, 3.8) is 0 Å². The average Bonchev–Trinajstić information content (AvgIpc) is 2.94. The van der Waals surface area contributed by atoms with Crippen molar-refractivity contribution in [1.29, 1.82) is 0 Å². The van der Waals surface area contributed by atoms with E-state index in [2.05, 4.69) is 140 Å². The van der Waals surface area contributed by atoms with Gasteiger partial charge >= 0.3 is 0 Å². The molecule has 0 saturated heterocycles. The molecular weight excluding hydrogens is 446 g/mol. The van der Waals surface area contributed by atoms with Gasteiger partial charge in [-0.05, 0) is 95.4 Å². The summed E-state index contributed by atoms with van der Waals surface area (Å²) in [6, 6.07) is 41.4. The van der Waals surface area contributed by atoms with Gasteiger partial charge in [0.05, 0.1) is 0 Å². The van der Waals surface area contributed by atoms with Gasteiger partial charge in [-0.2, -0.15) is 0 Å². The average molecular weight is 478 g/mol. The van der Waals surface area contributed by atoms with Gasteiger partial charge in [-0.1, -0.05) is 103 Å². The van der Waals surface area contributed by atoms with Gasteiger partial charge in [0, 0.05) is 17.1 Å². The lowest BCUT2D eigenvalue weighted by Gasteiger charge is -2.26. The topological polar surface area (TPSA) is 3.24 Å². The number of fused-ring (bicyclic) bond motifs is 1. The Morgan fingerprint density at radius 3 is 2.00 bits per heavy atom. The number of rotatable bonds is 7. The maximum Gasteiger partial charge on any atom is 0.0468 e. The molecule has 1 heteroatoms. The first-order valence-corrected chi connectivity index (χ1v) is 12.7. The first-order valence-electron chi connectivity index (χ1n) is 12.7. The Hall–Kier alpha value is -4.62. The Balaban J connectivity index is 1.54. The van der Waals surface area contributed by atoms with Gasteiger partial charge in [0.1, 0.15) is 0 Å². The van der Waals surface area contributed by atoms with Crippen molar-refractivity contribution in [1.82, 2.24) is 0 Å². The monoisotopic (exact) mass is 477 g/mol. The van der Waals surface area contributed by atoms with E-state index in [4.69, 9.17) is 0 Å². The number of aryl methyl sites for hydroxylation is 1. The summed E-state index contributed by atoms with van der Waals surface area (Å²) in [5.41, 5.74) is 9.47. The number of hydrogen-bond acceptors (Lipinski definition) is 1. The smallest absolute Gasteiger partial charge is 0.0468 e. The van der Waals surface area contributed by atoms with Gasteiger partial charge < -0.3 is 4.90 Å². The fraction of sp³-hybridized carbons (Fsp3) is 0.0556. The summed E-state index contributed by atoms with van der Waals surface area (Å²) < 4.78 is 0. The Morgan fingerprint density at radius 2 is 1.27 bits per heavy atom. The van der Waals surface area contributed by atoms with Crippen LogP contribution in [0.1, 0.15) is 12.5 Å². The molecule has 0 radical (unpaired) electrons. The molecule has 0 fully saturated rings. The van der Waals surface area contributed by atoms with Crippen molar-refractivity contribution >= 4 is 22.1 Å². The molecule has 0 heterocycles. The molecule has 0 bridgehead atoms. The fourth-order valence-corrected chi connectivity index (χ4v) is 4.70. The van der Waals surface area contributed by atoms with Gasteiger partial charge in [0.2, 0.25) is 0 Å². The molecule has 37 heavy (non-hydrogen) atoms. The zero-order chi connectivity index (χ0) is 25.6. The molecule has 0 aromatic heterocycles. The quantitative estimate of drug-likeness (QED) is 0.211. The lowest BCUT2D eigenvalue weighted by molar-refractivity contribution is 1.21. The van der Waals surface area contributed by atoms with Crippen molar-refractivity contribution in [2.75, 3.05) is 4.90 Å².